The molecule has 12 heavy (non-hydrogen) atoms. The van der Waals surface area contributed by atoms with Crippen LogP contribution in [-0.4, -0.2) is 34.0 Å². The van der Waals surface area contributed by atoms with Crippen molar-refractivity contribution in [2.45, 2.75) is 0 Å². The van der Waals surface area contributed by atoms with Gasteiger partial charge < -0.3 is 5.32 Å². The van der Waals surface area contributed by atoms with E-state index in [9.17, 15) is 0 Å². The maximum Gasteiger partial charge on any atom is 0.175 e. The van der Waals surface area contributed by atoms with Gasteiger partial charge in [-0.05, 0) is 12.2 Å². The van der Waals surface area contributed by atoms with E-state index in [1.54, 1.807) is 11.0 Å². The summed E-state index contributed by atoms with van der Waals surface area (Å²) in [5.74, 6) is 0.953. The molecule has 0 saturated carbocycles. The highest BCUT2D eigenvalue weighted by Crippen LogP contribution is 2.15. The highest BCUT2D eigenvalue weighted by Gasteiger charge is 2.20. The molecule has 66 valence electrons. The number of thioether (sulfide) groups is 1. The molecule has 0 radical (unpaired) electrons. The van der Waals surface area contributed by atoms with Gasteiger partial charge >= 0.3 is 0 Å². The van der Waals surface area contributed by atoms with Crippen LogP contribution in [0.5, 0.6) is 0 Å². The Morgan fingerprint density at radius 1 is 1.92 bits per heavy atom. The molecule has 0 aromatic carbocycles. The topological polar surface area (TPSA) is 39.1 Å². The zero-order chi connectivity index (χ0) is 8.97. The first-order chi connectivity index (χ1) is 5.75. The van der Waals surface area contributed by atoms with E-state index in [0.29, 0.717) is 16.8 Å². The van der Waals surface area contributed by atoms with E-state index in [0.717, 1.165) is 12.3 Å². The Labute approximate surface area is 81.7 Å². The van der Waals surface area contributed by atoms with Gasteiger partial charge in [0.1, 0.15) is 0 Å². The van der Waals surface area contributed by atoms with Crippen LogP contribution in [-0.2, 0) is 0 Å². The van der Waals surface area contributed by atoms with E-state index in [2.05, 4.69) is 11.9 Å². The highest BCUT2D eigenvalue weighted by molar-refractivity contribution is 8.14. The van der Waals surface area contributed by atoms with Gasteiger partial charge in [-0.15, -0.1) is 6.58 Å². The summed E-state index contributed by atoms with van der Waals surface area (Å²) in [4.78, 5) is 1.80. The van der Waals surface area contributed by atoms with Gasteiger partial charge in [-0.25, -0.2) is 0 Å². The average molecular weight is 201 g/mol. The lowest BCUT2D eigenvalue weighted by Crippen LogP contribution is -2.39. The van der Waals surface area contributed by atoms with Crippen LogP contribution in [0.2, 0.25) is 0 Å². The number of thiocarbonyl (C=S) groups is 1. The van der Waals surface area contributed by atoms with Crippen LogP contribution in [0.3, 0.4) is 0 Å². The molecule has 0 atom stereocenters. The van der Waals surface area contributed by atoms with E-state index in [1.165, 1.54) is 11.8 Å². The molecule has 0 aromatic heterocycles. The van der Waals surface area contributed by atoms with Gasteiger partial charge in [0.2, 0.25) is 0 Å². The monoisotopic (exact) mass is 201 g/mol. The van der Waals surface area contributed by atoms with Crippen LogP contribution in [0, 0.1) is 5.41 Å². The molecule has 1 aliphatic heterocycles. The predicted molar refractivity (Wildman–Crippen MR) is 57.7 cm³/mol. The molecule has 1 saturated heterocycles. The van der Waals surface area contributed by atoms with Gasteiger partial charge in [-0.2, -0.15) is 0 Å². The number of nitrogens with zero attached hydrogens (tertiary/aromatic N) is 1. The molecule has 0 bridgehead atoms. The van der Waals surface area contributed by atoms with Gasteiger partial charge in [-0.3, -0.25) is 10.3 Å². The maximum absolute atomic E-state index is 7.51. The molecule has 1 aliphatic rings. The fraction of sp³-hybridized carbons (Fsp3) is 0.429. The van der Waals surface area contributed by atoms with Crippen molar-refractivity contribution in [3.05, 3.63) is 12.7 Å². The van der Waals surface area contributed by atoms with Crippen LogP contribution >= 0.6 is 24.0 Å². The number of hydrogen-bond acceptors (Lipinski definition) is 3. The van der Waals surface area contributed by atoms with Gasteiger partial charge in [0.15, 0.2) is 10.3 Å². The minimum Gasteiger partial charge on any atom is -0.359 e. The summed E-state index contributed by atoms with van der Waals surface area (Å²) in [5, 5.41) is 11.7. The van der Waals surface area contributed by atoms with Crippen molar-refractivity contribution in [2.75, 3.05) is 18.8 Å². The van der Waals surface area contributed by atoms with Crippen molar-refractivity contribution in [1.29, 1.82) is 5.41 Å². The first kappa shape index (κ1) is 9.54. The van der Waals surface area contributed by atoms with Crippen molar-refractivity contribution in [1.82, 2.24) is 10.2 Å². The first-order valence-corrected chi connectivity index (χ1v) is 5.02. The summed E-state index contributed by atoms with van der Waals surface area (Å²) in [6.07, 6.45) is 1.75. The molecule has 0 aliphatic carbocycles. The largest absolute Gasteiger partial charge is 0.359 e. The van der Waals surface area contributed by atoms with E-state index in [4.69, 9.17) is 17.6 Å². The zero-order valence-corrected chi connectivity index (χ0v) is 8.30. The number of nitrogens with one attached hydrogen (secondary N) is 2. The van der Waals surface area contributed by atoms with Crippen LogP contribution in [0.4, 0.5) is 0 Å². The number of hydrogen-bond donors (Lipinski definition) is 2. The van der Waals surface area contributed by atoms with Crippen LogP contribution in [0.15, 0.2) is 12.7 Å². The first-order valence-electron chi connectivity index (χ1n) is 3.63. The number of amidine groups is 1. The van der Waals surface area contributed by atoms with E-state index in [-0.39, 0.29) is 0 Å². The molecule has 5 heteroatoms. The Balaban J connectivity index is 2.40. The van der Waals surface area contributed by atoms with Gasteiger partial charge in [-0.1, -0.05) is 17.8 Å². The smallest absolute Gasteiger partial charge is 0.175 e. The lowest BCUT2D eigenvalue weighted by Gasteiger charge is -2.17. The SMILES string of the molecule is C=CCNC(=S)N1CCSC1=N. The molecule has 0 amide bonds. The Morgan fingerprint density at radius 2 is 2.67 bits per heavy atom. The molecular weight excluding hydrogens is 190 g/mol. The normalized spacial score (nSPS) is 16.3. The Bertz CT molecular complexity index is 215. The minimum atomic E-state index is 0.538. The second-order valence-corrected chi connectivity index (χ2v) is 3.75. The third-order valence-corrected chi connectivity index (χ3v) is 2.69. The maximum atomic E-state index is 7.51. The van der Waals surface area contributed by atoms with Crippen molar-refractivity contribution < 1.29 is 0 Å². The third kappa shape index (κ3) is 2.22. The average Bonchev–Trinajstić information content (AvgIpc) is 2.47. The van der Waals surface area contributed by atoms with E-state index in [1.807, 2.05) is 0 Å². The fourth-order valence-corrected chi connectivity index (χ4v) is 1.99. The van der Waals surface area contributed by atoms with Crippen molar-refractivity contribution in [3.8, 4) is 0 Å². The molecule has 0 aromatic rings. The molecule has 1 heterocycles. The molecule has 2 N–H and O–H groups in total. The summed E-state index contributed by atoms with van der Waals surface area (Å²) in [5.41, 5.74) is 0. The third-order valence-electron chi connectivity index (χ3n) is 1.44. The summed E-state index contributed by atoms with van der Waals surface area (Å²) in [6.45, 7) is 5.08. The lowest BCUT2D eigenvalue weighted by molar-refractivity contribution is 0.656. The standard InChI is InChI=1S/C7H11N3S2/c1-2-3-9-7(11)10-4-5-12-6(10)8/h2,8H,1,3-5H2,(H,9,11). The second kappa shape index (κ2) is 4.47. The van der Waals surface area contributed by atoms with Crippen molar-refractivity contribution in [3.63, 3.8) is 0 Å². The summed E-state index contributed by atoms with van der Waals surface area (Å²) in [6, 6.07) is 0. The molecule has 0 unspecified atom stereocenters. The van der Waals surface area contributed by atoms with Crippen molar-refractivity contribution in [2.24, 2.45) is 0 Å². The van der Waals surface area contributed by atoms with Crippen molar-refractivity contribution >= 4 is 34.3 Å². The van der Waals surface area contributed by atoms with Crippen LogP contribution < -0.4 is 5.32 Å². The fourth-order valence-electron chi connectivity index (χ4n) is 0.862. The quantitative estimate of drug-likeness (QED) is 0.517. The van der Waals surface area contributed by atoms with Crippen LogP contribution in [0.1, 0.15) is 0 Å². The Morgan fingerprint density at radius 3 is 3.17 bits per heavy atom. The second-order valence-electron chi connectivity index (χ2n) is 2.28. The van der Waals surface area contributed by atoms with E-state index < -0.39 is 0 Å². The van der Waals surface area contributed by atoms with Gasteiger partial charge in [0.25, 0.3) is 0 Å². The highest BCUT2D eigenvalue weighted by atomic mass is 32.2. The lowest BCUT2D eigenvalue weighted by atomic mass is 10.6. The minimum absolute atomic E-state index is 0.538. The summed E-state index contributed by atoms with van der Waals surface area (Å²) in [7, 11) is 0. The predicted octanol–water partition coefficient (Wildman–Crippen LogP) is 1.03. The van der Waals surface area contributed by atoms with Crippen LogP contribution in [0.25, 0.3) is 0 Å². The zero-order valence-electron chi connectivity index (χ0n) is 6.67. The van der Waals surface area contributed by atoms with Gasteiger partial charge in [0, 0.05) is 18.8 Å². The number of rotatable bonds is 2. The van der Waals surface area contributed by atoms with E-state index >= 15 is 0 Å². The molecule has 1 rings (SSSR count). The summed E-state index contributed by atoms with van der Waals surface area (Å²) >= 11 is 6.59. The molecule has 3 nitrogen and oxygen atoms in total. The molecule has 1 fully saturated rings. The molecule has 0 spiro atoms. The Kier molecular flexibility index (Phi) is 3.55. The van der Waals surface area contributed by atoms with Gasteiger partial charge in [0.05, 0.1) is 0 Å². The molecular formula is C7H11N3S2. The summed E-state index contributed by atoms with van der Waals surface area (Å²) < 4.78 is 0. The Hall–Kier alpha value is -0.550.